The number of aliphatic hydroxyl groups excluding tert-OH is 1. The normalized spacial score (nSPS) is 43.0. The predicted molar refractivity (Wildman–Crippen MR) is 54.4 cm³/mol. The van der Waals surface area contributed by atoms with Gasteiger partial charge in [-0.3, -0.25) is 0 Å². The Bertz CT molecular complexity index is 219. The van der Waals surface area contributed by atoms with Crippen LogP contribution >= 0.6 is 0 Å². The van der Waals surface area contributed by atoms with E-state index >= 15 is 0 Å². The number of allylic oxidation sites excluding steroid dienone is 2. The SMILES string of the molecule is C/C=C1\CC2CC1CC2C(O)CC. The van der Waals surface area contributed by atoms with Gasteiger partial charge in [-0.25, -0.2) is 0 Å². The van der Waals surface area contributed by atoms with Crippen LogP contribution in [0.1, 0.15) is 39.5 Å². The fourth-order valence-electron chi connectivity index (χ4n) is 3.29. The lowest BCUT2D eigenvalue weighted by atomic mass is 9.81. The van der Waals surface area contributed by atoms with E-state index < -0.39 is 0 Å². The summed E-state index contributed by atoms with van der Waals surface area (Å²) >= 11 is 0. The van der Waals surface area contributed by atoms with Crippen molar-refractivity contribution in [2.24, 2.45) is 17.8 Å². The summed E-state index contributed by atoms with van der Waals surface area (Å²) in [5.41, 5.74) is 1.66. The van der Waals surface area contributed by atoms with Crippen molar-refractivity contribution in [3.63, 3.8) is 0 Å². The average Bonchev–Trinajstić information content (AvgIpc) is 2.74. The van der Waals surface area contributed by atoms with Crippen LogP contribution in [0, 0.1) is 17.8 Å². The summed E-state index contributed by atoms with van der Waals surface area (Å²) in [5.74, 6) is 2.23. The van der Waals surface area contributed by atoms with Crippen LogP contribution in [-0.2, 0) is 0 Å². The highest BCUT2D eigenvalue weighted by atomic mass is 16.3. The zero-order chi connectivity index (χ0) is 9.42. The second kappa shape index (κ2) is 3.45. The highest BCUT2D eigenvalue weighted by Gasteiger charge is 2.44. The Morgan fingerprint density at radius 2 is 2.31 bits per heavy atom. The topological polar surface area (TPSA) is 20.2 Å². The molecule has 0 aromatic heterocycles. The molecule has 2 aliphatic carbocycles. The van der Waals surface area contributed by atoms with E-state index in [2.05, 4.69) is 19.9 Å². The summed E-state index contributed by atoms with van der Waals surface area (Å²) in [6.45, 7) is 4.24. The first-order valence-corrected chi connectivity index (χ1v) is 5.59. The minimum absolute atomic E-state index is 0.0339. The van der Waals surface area contributed by atoms with Gasteiger partial charge in [-0.2, -0.15) is 0 Å². The largest absolute Gasteiger partial charge is 0.393 e. The van der Waals surface area contributed by atoms with Gasteiger partial charge in [-0.15, -0.1) is 0 Å². The van der Waals surface area contributed by atoms with Gasteiger partial charge in [-0.05, 0) is 50.4 Å². The van der Waals surface area contributed by atoms with Gasteiger partial charge >= 0.3 is 0 Å². The van der Waals surface area contributed by atoms with Gasteiger partial charge < -0.3 is 5.11 Å². The van der Waals surface area contributed by atoms with Crippen molar-refractivity contribution in [1.82, 2.24) is 0 Å². The van der Waals surface area contributed by atoms with E-state index in [4.69, 9.17) is 0 Å². The van der Waals surface area contributed by atoms with Gasteiger partial charge in [0, 0.05) is 0 Å². The van der Waals surface area contributed by atoms with Crippen LogP contribution in [0.15, 0.2) is 11.6 Å². The summed E-state index contributed by atoms with van der Waals surface area (Å²) in [7, 11) is 0. The maximum atomic E-state index is 9.82. The van der Waals surface area contributed by atoms with E-state index in [1.807, 2.05) is 0 Å². The molecule has 0 saturated heterocycles. The third-order valence-electron chi connectivity index (χ3n) is 4.06. The van der Waals surface area contributed by atoms with Crippen molar-refractivity contribution < 1.29 is 5.11 Å². The Morgan fingerprint density at radius 3 is 2.77 bits per heavy atom. The molecule has 2 aliphatic rings. The molecule has 2 bridgehead atoms. The Morgan fingerprint density at radius 1 is 1.54 bits per heavy atom. The molecule has 0 heterocycles. The molecule has 2 fully saturated rings. The van der Waals surface area contributed by atoms with Crippen molar-refractivity contribution >= 4 is 0 Å². The monoisotopic (exact) mass is 180 g/mol. The number of hydrogen-bond acceptors (Lipinski definition) is 1. The van der Waals surface area contributed by atoms with Crippen molar-refractivity contribution in [3.8, 4) is 0 Å². The smallest absolute Gasteiger partial charge is 0.0568 e. The van der Waals surface area contributed by atoms with Crippen LogP contribution in [-0.4, -0.2) is 11.2 Å². The lowest BCUT2D eigenvalue weighted by Crippen LogP contribution is -2.25. The van der Waals surface area contributed by atoms with Gasteiger partial charge in [0.25, 0.3) is 0 Å². The zero-order valence-electron chi connectivity index (χ0n) is 8.66. The van der Waals surface area contributed by atoms with Gasteiger partial charge in [0.1, 0.15) is 0 Å². The lowest BCUT2D eigenvalue weighted by molar-refractivity contribution is 0.0774. The lowest BCUT2D eigenvalue weighted by Gasteiger charge is -2.27. The summed E-state index contributed by atoms with van der Waals surface area (Å²) in [5, 5.41) is 9.82. The molecule has 2 rings (SSSR count). The molecule has 1 nitrogen and oxygen atoms in total. The van der Waals surface area contributed by atoms with Gasteiger partial charge in [0.15, 0.2) is 0 Å². The molecule has 1 N–H and O–H groups in total. The Hall–Kier alpha value is -0.300. The van der Waals surface area contributed by atoms with E-state index in [1.54, 1.807) is 5.57 Å². The minimum atomic E-state index is -0.0339. The van der Waals surface area contributed by atoms with Gasteiger partial charge in [-0.1, -0.05) is 18.6 Å². The summed E-state index contributed by atoms with van der Waals surface area (Å²) < 4.78 is 0. The number of aliphatic hydroxyl groups is 1. The van der Waals surface area contributed by atoms with Gasteiger partial charge in [0.2, 0.25) is 0 Å². The van der Waals surface area contributed by atoms with Crippen LogP contribution in [0.3, 0.4) is 0 Å². The van der Waals surface area contributed by atoms with Crippen molar-refractivity contribution in [3.05, 3.63) is 11.6 Å². The molecule has 0 radical (unpaired) electrons. The standard InChI is InChI=1S/C12H20O/c1-3-8-5-10-6-9(8)7-11(10)12(13)4-2/h3,9-13H,4-7H2,1-2H3/b8-3+. The Balaban J connectivity index is 2.03. The molecule has 74 valence electrons. The summed E-state index contributed by atoms with van der Waals surface area (Å²) in [6, 6.07) is 0. The van der Waals surface area contributed by atoms with E-state index in [1.165, 1.54) is 19.3 Å². The van der Waals surface area contributed by atoms with Crippen molar-refractivity contribution in [1.29, 1.82) is 0 Å². The fourth-order valence-corrected chi connectivity index (χ4v) is 3.29. The molecule has 2 saturated carbocycles. The molecular formula is C12H20O. The first-order chi connectivity index (χ1) is 6.26. The van der Waals surface area contributed by atoms with E-state index in [0.717, 1.165) is 18.3 Å². The second-order valence-electron chi connectivity index (χ2n) is 4.64. The second-order valence-corrected chi connectivity index (χ2v) is 4.64. The van der Waals surface area contributed by atoms with Crippen molar-refractivity contribution in [2.75, 3.05) is 0 Å². The average molecular weight is 180 g/mol. The van der Waals surface area contributed by atoms with Crippen molar-refractivity contribution in [2.45, 2.75) is 45.6 Å². The molecular weight excluding hydrogens is 160 g/mol. The van der Waals surface area contributed by atoms with E-state index in [0.29, 0.717) is 5.92 Å². The first-order valence-electron chi connectivity index (χ1n) is 5.59. The highest BCUT2D eigenvalue weighted by molar-refractivity contribution is 5.18. The van der Waals surface area contributed by atoms with Gasteiger partial charge in [0.05, 0.1) is 6.10 Å². The van der Waals surface area contributed by atoms with Crippen LogP contribution in [0.2, 0.25) is 0 Å². The molecule has 4 atom stereocenters. The zero-order valence-corrected chi connectivity index (χ0v) is 8.66. The predicted octanol–water partition coefficient (Wildman–Crippen LogP) is 2.75. The molecule has 0 amide bonds. The molecule has 1 heteroatoms. The fraction of sp³-hybridized carbons (Fsp3) is 0.833. The molecule has 0 spiro atoms. The molecule has 13 heavy (non-hydrogen) atoms. The summed E-state index contributed by atoms with van der Waals surface area (Å²) in [6.07, 6.45) is 7.05. The maximum absolute atomic E-state index is 9.82. The number of rotatable bonds is 2. The Labute approximate surface area is 80.8 Å². The number of fused-ring (bicyclic) bond motifs is 2. The first kappa shape index (κ1) is 9.26. The maximum Gasteiger partial charge on any atom is 0.0568 e. The quantitative estimate of drug-likeness (QED) is 0.648. The highest BCUT2D eigenvalue weighted by Crippen LogP contribution is 2.52. The third-order valence-corrected chi connectivity index (χ3v) is 4.06. The molecule has 4 unspecified atom stereocenters. The van der Waals surface area contributed by atoms with Crippen LogP contribution < -0.4 is 0 Å². The summed E-state index contributed by atoms with van der Waals surface area (Å²) in [4.78, 5) is 0. The number of hydrogen-bond donors (Lipinski definition) is 1. The minimum Gasteiger partial charge on any atom is -0.393 e. The molecule has 0 aromatic rings. The van der Waals surface area contributed by atoms with Crippen LogP contribution in [0.4, 0.5) is 0 Å². The molecule has 0 aromatic carbocycles. The van der Waals surface area contributed by atoms with Crippen LogP contribution in [0.5, 0.6) is 0 Å². The van der Waals surface area contributed by atoms with Crippen LogP contribution in [0.25, 0.3) is 0 Å². The third kappa shape index (κ3) is 1.43. The van der Waals surface area contributed by atoms with E-state index in [9.17, 15) is 5.11 Å². The van der Waals surface area contributed by atoms with E-state index in [-0.39, 0.29) is 6.10 Å². The molecule has 0 aliphatic heterocycles. The Kier molecular flexibility index (Phi) is 2.46.